The Bertz CT molecular complexity index is 604. The van der Waals surface area contributed by atoms with Gasteiger partial charge in [0, 0.05) is 24.8 Å². The third-order valence-corrected chi connectivity index (χ3v) is 3.83. The number of aryl methyl sites for hydroxylation is 3. The summed E-state index contributed by atoms with van der Waals surface area (Å²) in [5, 5.41) is 8.06. The summed E-state index contributed by atoms with van der Waals surface area (Å²) in [5.74, 6) is -0.174. The fraction of sp³-hybridized carbons (Fsp3) is 0.471. The molecule has 0 bridgehead atoms. The zero-order chi connectivity index (χ0) is 15.4. The van der Waals surface area contributed by atoms with Gasteiger partial charge in [0.15, 0.2) is 0 Å². The summed E-state index contributed by atoms with van der Waals surface area (Å²) in [7, 11) is 1.95. The molecule has 0 aliphatic heterocycles. The van der Waals surface area contributed by atoms with Crippen LogP contribution in [0, 0.1) is 12.7 Å². The summed E-state index contributed by atoms with van der Waals surface area (Å²) < 4.78 is 15.1. The summed E-state index contributed by atoms with van der Waals surface area (Å²) in [5.41, 5.74) is 4.54. The highest BCUT2D eigenvalue weighted by atomic mass is 19.1. The molecule has 1 aromatic heterocycles. The Hall–Kier alpha value is -1.68. The predicted octanol–water partition coefficient (Wildman–Crippen LogP) is 3.32. The van der Waals surface area contributed by atoms with Gasteiger partial charge in [-0.15, -0.1) is 0 Å². The van der Waals surface area contributed by atoms with Crippen molar-refractivity contribution < 1.29 is 4.39 Å². The van der Waals surface area contributed by atoms with Crippen LogP contribution in [0.3, 0.4) is 0 Å². The van der Waals surface area contributed by atoms with Crippen molar-refractivity contribution in [2.75, 3.05) is 6.54 Å². The van der Waals surface area contributed by atoms with Gasteiger partial charge in [-0.2, -0.15) is 5.10 Å². The first-order valence-corrected chi connectivity index (χ1v) is 7.56. The molecule has 1 N–H and O–H groups in total. The lowest BCUT2D eigenvalue weighted by atomic mass is 9.95. The van der Waals surface area contributed by atoms with Gasteiger partial charge in [0.25, 0.3) is 0 Å². The van der Waals surface area contributed by atoms with E-state index in [2.05, 4.69) is 30.5 Å². The fourth-order valence-electron chi connectivity index (χ4n) is 2.77. The molecule has 3 nitrogen and oxygen atoms in total. The predicted molar refractivity (Wildman–Crippen MR) is 83.8 cm³/mol. The lowest BCUT2D eigenvalue weighted by Crippen LogP contribution is -2.24. The Kier molecular flexibility index (Phi) is 5.12. The van der Waals surface area contributed by atoms with Gasteiger partial charge >= 0.3 is 0 Å². The Balaban J connectivity index is 2.30. The van der Waals surface area contributed by atoms with Crippen LogP contribution < -0.4 is 5.32 Å². The Morgan fingerprint density at radius 3 is 2.71 bits per heavy atom. The van der Waals surface area contributed by atoms with Crippen molar-refractivity contribution >= 4 is 0 Å². The SMILES string of the molecule is CCNC(Cc1ccc(F)cc1C)c1cn(C)nc1CC. The van der Waals surface area contributed by atoms with Crippen LogP contribution in [-0.2, 0) is 19.9 Å². The molecule has 0 aliphatic carbocycles. The molecule has 1 atom stereocenters. The molecule has 0 saturated carbocycles. The molecular formula is C17H24FN3. The quantitative estimate of drug-likeness (QED) is 0.884. The van der Waals surface area contributed by atoms with Gasteiger partial charge in [-0.3, -0.25) is 4.68 Å². The fourth-order valence-corrected chi connectivity index (χ4v) is 2.77. The van der Waals surface area contributed by atoms with Crippen LogP contribution in [0.25, 0.3) is 0 Å². The molecule has 0 amide bonds. The molecule has 0 radical (unpaired) electrons. The first kappa shape index (κ1) is 15.7. The summed E-state index contributed by atoms with van der Waals surface area (Å²) in [6.07, 6.45) is 3.85. The van der Waals surface area contributed by atoms with Crippen LogP contribution in [0.15, 0.2) is 24.4 Å². The molecule has 0 fully saturated rings. The average molecular weight is 289 g/mol. The number of aromatic nitrogens is 2. The van der Waals surface area contributed by atoms with Gasteiger partial charge in [-0.05, 0) is 49.6 Å². The average Bonchev–Trinajstić information content (AvgIpc) is 2.82. The Morgan fingerprint density at radius 2 is 2.10 bits per heavy atom. The monoisotopic (exact) mass is 289 g/mol. The molecule has 1 unspecified atom stereocenters. The lowest BCUT2D eigenvalue weighted by Gasteiger charge is -2.19. The van der Waals surface area contributed by atoms with E-state index in [1.165, 1.54) is 17.2 Å². The summed E-state index contributed by atoms with van der Waals surface area (Å²) in [4.78, 5) is 0. The molecule has 114 valence electrons. The third kappa shape index (κ3) is 3.70. The van der Waals surface area contributed by atoms with Crippen LogP contribution in [0.1, 0.15) is 42.3 Å². The molecule has 0 saturated heterocycles. The minimum absolute atomic E-state index is 0.174. The van der Waals surface area contributed by atoms with E-state index >= 15 is 0 Å². The molecule has 2 rings (SSSR count). The van der Waals surface area contributed by atoms with Crippen molar-refractivity contribution in [2.24, 2.45) is 7.05 Å². The highest BCUT2D eigenvalue weighted by molar-refractivity contribution is 5.30. The molecular weight excluding hydrogens is 265 g/mol. The van der Waals surface area contributed by atoms with Gasteiger partial charge in [-0.25, -0.2) is 4.39 Å². The number of likely N-dealkylation sites (N-methyl/N-ethyl adjacent to an activating group) is 1. The van der Waals surface area contributed by atoms with Crippen LogP contribution in [0.4, 0.5) is 4.39 Å². The van der Waals surface area contributed by atoms with Gasteiger partial charge in [0.05, 0.1) is 5.69 Å². The van der Waals surface area contributed by atoms with Crippen LogP contribution >= 0.6 is 0 Å². The van der Waals surface area contributed by atoms with Gasteiger partial charge in [0.1, 0.15) is 5.82 Å². The van der Waals surface area contributed by atoms with E-state index < -0.39 is 0 Å². The molecule has 1 aromatic carbocycles. The number of halogens is 1. The highest BCUT2D eigenvalue weighted by Crippen LogP contribution is 2.23. The van der Waals surface area contributed by atoms with Crippen molar-refractivity contribution in [1.82, 2.24) is 15.1 Å². The van der Waals surface area contributed by atoms with E-state index in [1.54, 1.807) is 6.07 Å². The van der Waals surface area contributed by atoms with Gasteiger partial charge in [0.2, 0.25) is 0 Å². The number of nitrogens with one attached hydrogen (secondary N) is 1. The van der Waals surface area contributed by atoms with Crippen molar-refractivity contribution in [3.8, 4) is 0 Å². The number of rotatable bonds is 6. The van der Waals surface area contributed by atoms with Gasteiger partial charge in [-0.1, -0.05) is 19.9 Å². The maximum absolute atomic E-state index is 13.2. The lowest BCUT2D eigenvalue weighted by molar-refractivity contribution is 0.543. The maximum atomic E-state index is 13.2. The summed E-state index contributed by atoms with van der Waals surface area (Å²) >= 11 is 0. The minimum atomic E-state index is -0.174. The normalized spacial score (nSPS) is 12.6. The molecule has 2 aromatic rings. The molecule has 4 heteroatoms. The van der Waals surface area contributed by atoms with E-state index in [-0.39, 0.29) is 11.9 Å². The zero-order valence-corrected chi connectivity index (χ0v) is 13.3. The smallest absolute Gasteiger partial charge is 0.123 e. The number of hydrogen-bond acceptors (Lipinski definition) is 2. The largest absolute Gasteiger partial charge is 0.310 e. The van der Waals surface area contributed by atoms with Crippen molar-refractivity contribution in [3.05, 3.63) is 52.6 Å². The van der Waals surface area contributed by atoms with E-state index in [4.69, 9.17) is 0 Å². The van der Waals surface area contributed by atoms with Crippen LogP contribution in [0.5, 0.6) is 0 Å². The van der Waals surface area contributed by atoms with Crippen LogP contribution in [-0.4, -0.2) is 16.3 Å². The first-order chi connectivity index (χ1) is 10.0. The maximum Gasteiger partial charge on any atom is 0.123 e. The van der Waals surface area contributed by atoms with Crippen molar-refractivity contribution in [3.63, 3.8) is 0 Å². The summed E-state index contributed by atoms with van der Waals surface area (Å²) in [6, 6.07) is 5.23. The molecule has 0 spiro atoms. The molecule has 21 heavy (non-hydrogen) atoms. The molecule has 1 heterocycles. The van der Waals surface area contributed by atoms with Crippen LogP contribution in [0.2, 0.25) is 0 Å². The second kappa shape index (κ2) is 6.85. The third-order valence-electron chi connectivity index (χ3n) is 3.83. The highest BCUT2D eigenvalue weighted by Gasteiger charge is 2.18. The number of nitrogens with zero attached hydrogens (tertiary/aromatic N) is 2. The van der Waals surface area contributed by atoms with E-state index in [1.807, 2.05) is 24.7 Å². The van der Waals surface area contributed by atoms with E-state index in [9.17, 15) is 4.39 Å². The second-order valence-electron chi connectivity index (χ2n) is 5.44. The Morgan fingerprint density at radius 1 is 1.33 bits per heavy atom. The minimum Gasteiger partial charge on any atom is -0.310 e. The Labute approximate surface area is 126 Å². The number of hydrogen-bond donors (Lipinski definition) is 1. The molecule has 0 aliphatic rings. The van der Waals surface area contributed by atoms with Crippen molar-refractivity contribution in [2.45, 2.75) is 39.7 Å². The first-order valence-electron chi connectivity index (χ1n) is 7.56. The second-order valence-corrected chi connectivity index (χ2v) is 5.44. The summed E-state index contributed by atoms with van der Waals surface area (Å²) in [6.45, 7) is 7.08. The standard InChI is InChI=1S/C17H24FN3/c1-5-16-15(11-21(4)20-16)17(19-6-2)10-13-7-8-14(18)9-12(13)3/h7-9,11,17,19H,5-6,10H2,1-4H3. The van der Waals surface area contributed by atoms with E-state index in [0.717, 1.165) is 30.6 Å². The van der Waals surface area contributed by atoms with E-state index in [0.29, 0.717) is 0 Å². The number of benzene rings is 1. The topological polar surface area (TPSA) is 29.9 Å². The zero-order valence-electron chi connectivity index (χ0n) is 13.3. The van der Waals surface area contributed by atoms with Gasteiger partial charge < -0.3 is 5.32 Å². The van der Waals surface area contributed by atoms with Crippen molar-refractivity contribution in [1.29, 1.82) is 0 Å².